The lowest BCUT2D eigenvalue weighted by Gasteiger charge is -2.20. The molecule has 9 nitrogen and oxygen atoms in total. The number of ketones is 3. The summed E-state index contributed by atoms with van der Waals surface area (Å²) in [6, 6.07) is 50.8. The topological polar surface area (TPSA) is 125 Å². The van der Waals surface area contributed by atoms with Crippen LogP contribution in [0, 0.1) is 0 Å². The van der Waals surface area contributed by atoms with Gasteiger partial charge in [0.2, 0.25) is 0 Å². The van der Waals surface area contributed by atoms with Crippen molar-refractivity contribution in [3.05, 3.63) is 191 Å². The molecule has 1 aliphatic heterocycles. The minimum Gasteiger partial charge on any atom is -0.355 e. The first-order chi connectivity index (χ1) is 32.9. The summed E-state index contributed by atoms with van der Waals surface area (Å²) >= 11 is 4.41. The number of hydrogen-bond acceptors (Lipinski definition) is 12. The van der Waals surface area contributed by atoms with Crippen LogP contribution in [0.2, 0.25) is 0 Å². The van der Waals surface area contributed by atoms with E-state index in [0.717, 1.165) is 75.9 Å². The van der Waals surface area contributed by atoms with Crippen LogP contribution >= 0.6 is 35.0 Å². The van der Waals surface area contributed by atoms with Gasteiger partial charge in [0, 0.05) is 82.3 Å². The maximum Gasteiger partial charge on any atom is 0.196 e. The van der Waals surface area contributed by atoms with Gasteiger partial charge in [0.1, 0.15) is 0 Å². The molecule has 11 aromatic rings. The molecule has 0 atom stereocenters. The Hall–Kier alpha value is -8.16. The number of carbonyl (C=O) groups is 3. The van der Waals surface area contributed by atoms with Crippen molar-refractivity contribution in [2.75, 3.05) is 20.7 Å². The van der Waals surface area contributed by atoms with E-state index in [1.165, 1.54) is 33.3 Å². The molecule has 2 aliphatic carbocycles. The highest BCUT2D eigenvalue weighted by atomic mass is 32.2. The van der Waals surface area contributed by atoms with Crippen molar-refractivity contribution in [3.8, 4) is 22.5 Å². The molecule has 3 aliphatic rings. The molecule has 0 radical (unpaired) electrons. The molecule has 0 fully saturated rings. The van der Waals surface area contributed by atoms with Crippen molar-refractivity contribution < 1.29 is 14.4 Å². The summed E-state index contributed by atoms with van der Waals surface area (Å²) in [6.45, 7) is 0. The molecule has 3 heterocycles. The van der Waals surface area contributed by atoms with Gasteiger partial charge in [-0.2, -0.15) is 8.75 Å². The number of nitrogens with one attached hydrogen (secondary N) is 4. The highest BCUT2D eigenvalue weighted by molar-refractivity contribution is 8.01. The van der Waals surface area contributed by atoms with E-state index in [1.54, 1.807) is 24.1 Å². The highest BCUT2D eigenvalue weighted by Crippen LogP contribution is 2.48. The van der Waals surface area contributed by atoms with Crippen molar-refractivity contribution in [3.63, 3.8) is 0 Å². The van der Waals surface area contributed by atoms with Crippen molar-refractivity contribution in [1.29, 1.82) is 0 Å². The predicted molar refractivity (Wildman–Crippen MR) is 274 cm³/mol. The van der Waals surface area contributed by atoms with Crippen LogP contribution in [0.15, 0.2) is 163 Å². The van der Waals surface area contributed by atoms with Gasteiger partial charge in [-0.3, -0.25) is 14.4 Å². The summed E-state index contributed by atoms with van der Waals surface area (Å²) in [5, 5.41) is 16.9. The van der Waals surface area contributed by atoms with Crippen LogP contribution in [0.5, 0.6) is 0 Å². The summed E-state index contributed by atoms with van der Waals surface area (Å²) in [5.74, 6) is -0.287. The molecule has 0 amide bonds. The largest absolute Gasteiger partial charge is 0.355 e. The average Bonchev–Trinajstić information content (AvgIpc) is 4.12. The maximum atomic E-state index is 14.8. The summed E-state index contributed by atoms with van der Waals surface area (Å²) in [5.41, 5.74) is 11.8. The average molecular weight is 919 g/mol. The number of benzene rings is 9. The molecule has 316 valence electrons. The quantitative estimate of drug-likeness (QED) is 0.0665. The molecule has 0 saturated carbocycles. The maximum absolute atomic E-state index is 14.8. The van der Waals surface area contributed by atoms with Crippen LogP contribution in [0.1, 0.15) is 47.8 Å². The molecule has 12 heteroatoms. The number of anilines is 7. The first-order valence-electron chi connectivity index (χ1n) is 21.6. The van der Waals surface area contributed by atoms with Crippen LogP contribution in [-0.2, 0) is 0 Å². The zero-order valence-corrected chi connectivity index (χ0v) is 37.3. The Morgan fingerprint density at radius 2 is 1.07 bits per heavy atom. The van der Waals surface area contributed by atoms with Gasteiger partial charge in [-0.25, -0.2) is 0 Å². The number of fused-ring (bicyclic) bond motifs is 6. The minimum atomic E-state index is -0.180. The Morgan fingerprint density at radius 1 is 0.493 bits per heavy atom. The molecule has 0 saturated heterocycles. The lowest BCUT2D eigenvalue weighted by atomic mass is 9.86. The zero-order chi connectivity index (χ0) is 44.5. The van der Waals surface area contributed by atoms with Crippen LogP contribution < -0.4 is 20.7 Å². The number of rotatable bonds is 8. The standard InChI is InChI=1S/C55H30N6O3S3/c62-53(27-19-21-29(22-20-27)56-39-14-3-9-33-46(39)54(63)35-11-5-17-43-48(35)51(33)60-66-43)32-24-23-30(57-40-15-4-10-34-47(40)55(64)36-12-6-18-44-49(36)52(34)61-67-44)26-41(32)58-38-13-2-8-31-37(38)25-28-7-1-16-42-45(28)50(31)59-65-42/h1-26,56-59H. The lowest BCUT2D eigenvalue weighted by molar-refractivity contribution is 0.103. The Balaban J connectivity index is 0.834. The van der Waals surface area contributed by atoms with Gasteiger partial charge >= 0.3 is 0 Å². The van der Waals surface area contributed by atoms with Crippen molar-refractivity contribution in [1.82, 2.24) is 8.75 Å². The number of hydrogen-bond donors (Lipinski definition) is 4. The highest BCUT2D eigenvalue weighted by Gasteiger charge is 2.32. The monoisotopic (exact) mass is 918 g/mol. The van der Waals surface area contributed by atoms with Gasteiger partial charge in [0.15, 0.2) is 17.3 Å². The van der Waals surface area contributed by atoms with E-state index in [2.05, 4.69) is 51.0 Å². The Morgan fingerprint density at radius 3 is 1.76 bits per heavy atom. The second kappa shape index (κ2) is 14.4. The number of carbonyl (C=O) groups excluding carboxylic acids is 3. The lowest BCUT2D eigenvalue weighted by Crippen LogP contribution is -2.12. The molecule has 9 aromatic carbocycles. The van der Waals surface area contributed by atoms with Crippen LogP contribution in [0.3, 0.4) is 0 Å². The SMILES string of the molecule is O=C(c1ccc(Nc2cccc3c2C(=O)c2cccc4snc-3c24)cc1)c1ccc(Nc2cccc3c2C(=O)c2cccc4snc-3c24)cc1Nc1cccc2c3c4c(cccc4cc12)SN3. The van der Waals surface area contributed by atoms with E-state index in [4.69, 9.17) is 8.75 Å². The van der Waals surface area contributed by atoms with Crippen LogP contribution in [0.4, 0.5) is 39.8 Å². The van der Waals surface area contributed by atoms with Crippen molar-refractivity contribution in [2.24, 2.45) is 0 Å². The molecular formula is C55H30N6O3S3. The molecular weight excluding hydrogens is 889 g/mol. The Kier molecular flexibility index (Phi) is 8.21. The van der Waals surface area contributed by atoms with Crippen LogP contribution in [-0.4, -0.2) is 26.1 Å². The fourth-order valence-electron chi connectivity index (χ4n) is 10.0. The van der Waals surface area contributed by atoms with Gasteiger partial charge in [-0.1, -0.05) is 72.8 Å². The van der Waals surface area contributed by atoms with Gasteiger partial charge in [-0.05, 0) is 125 Å². The molecule has 2 aromatic heterocycles. The predicted octanol–water partition coefficient (Wildman–Crippen LogP) is 14.5. The summed E-state index contributed by atoms with van der Waals surface area (Å²) < 4.78 is 15.0. The minimum absolute atomic E-state index is 0.0469. The van der Waals surface area contributed by atoms with E-state index < -0.39 is 0 Å². The van der Waals surface area contributed by atoms with Crippen molar-refractivity contribution in [2.45, 2.75) is 4.90 Å². The molecule has 67 heavy (non-hydrogen) atoms. The van der Waals surface area contributed by atoms with E-state index in [-0.39, 0.29) is 17.3 Å². The fraction of sp³-hybridized carbons (Fsp3) is 0. The molecule has 0 unspecified atom stereocenters. The summed E-state index contributed by atoms with van der Waals surface area (Å²) in [6.07, 6.45) is 0. The first kappa shape index (κ1) is 38.1. The smallest absolute Gasteiger partial charge is 0.196 e. The molecule has 14 rings (SSSR count). The van der Waals surface area contributed by atoms with Gasteiger partial charge in [-0.15, -0.1) is 0 Å². The van der Waals surface area contributed by atoms with E-state index in [9.17, 15) is 14.4 Å². The first-order valence-corrected chi connectivity index (χ1v) is 24.0. The second-order valence-corrected chi connectivity index (χ2v) is 19.2. The summed E-state index contributed by atoms with van der Waals surface area (Å²) in [7, 11) is 0. The van der Waals surface area contributed by atoms with Crippen molar-refractivity contribution >= 4 is 134 Å². The molecule has 0 bridgehead atoms. The number of aromatic nitrogens is 2. The summed E-state index contributed by atoms with van der Waals surface area (Å²) in [4.78, 5) is 44.1. The van der Waals surface area contributed by atoms with Gasteiger partial charge in [0.25, 0.3) is 0 Å². The third-order valence-corrected chi connectivity index (χ3v) is 15.6. The normalized spacial score (nSPS) is 13.0. The Bertz CT molecular complexity index is 4040. The van der Waals surface area contributed by atoms with E-state index >= 15 is 0 Å². The Labute approximate surface area is 394 Å². The van der Waals surface area contributed by atoms with Gasteiger partial charge in [0.05, 0.1) is 54.7 Å². The second-order valence-electron chi connectivity index (χ2n) is 16.8. The van der Waals surface area contributed by atoms with E-state index in [1.807, 2.05) is 115 Å². The third kappa shape index (κ3) is 5.70. The number of nitrogens with zero attached hydrogens (tertiary/aromatic N) is 2. The van der Waals surface area contributed by atoms with Gasteiger partial charge < -0.3 is 20.7 Å². The third-order valence-electron chi connectivity index (χ3n) is 13.1. The van der Waals surface area contributed by atoms with Crippen LogP contribution in [0.25, 0.3) is 64.2 Å². The molecule has 4 N–H and O–H groups in total. The fourth-order valence-corrected chi connectivity index (χ4v) is 12.5. The van der Waals surface area contributed by atoms with E-state index in [0.29, 0.717) is 56.1 Å². The molecule has 0 spiro atoms. The zero-order valence-electron chi connectivity index (χ0n) is 34.9.